The zero-order valence-corrected chi connectivity index (χ0v) is 19.5. The maximum atomic E-state index is 13.5. The number of halogens is 1. The van der Waals surface area contributed by atoms with Crippen molar-refractivity contribution in [1.29, 1.82) is 0 Å². The molecule has 0 radical (unpaired) electrons. The summed E-state index contributed by atoms with van der Waals surface area (Å²) in [7, 11) is 0. The minimum absolute atomic E-state index is 0.0243. The minimum atomic E-state index is -0.672. The number of benzene rings is 3. The Morgan fingerprint density at radius 2 is 1.83 bits per heavy atom. The van der Waals surface area contributed by atoms with Crippen LogP contribution in [0, 0.1) is 5.82 Å². The van der Waals surface area contributed by atoms with Crippen molar-refractivity contribution in [3.05, 3.63) is 113 Å². The SMILES string of the molecule is O=C(NCc1nc2ccccc2[nH]1)C1=C[C@@H](c2ccc(F)cc2)C[C@@H](OCc2ccc(CO)cc2)O1. The third-order valence-corrected chi connectivity index (χ3v) is 6.08. The number of hydrogen-bond donors (Lipinski definition) is 3. The molecule has 184 valence electrons. The van der Waals surface area contributed by atoms with E-state index in [1.807, 2.05) is 48.5 Å². The van der Waals surface area contributed by atoms with Gasteiger partial charge < -0.3 is 24.9 Å². The number of aromatic nitrogens is 2. The van der Waals surface area contributed by atoms with Crippen LogP contribution in [0.3, 0.4) is 0 Å². The van der Waals surface area contributed by atoms with Crippen LogP contribution in [0.4, 0.5) is 4.39 Å². The van der Waals surface area contributed by atoms with Crippen molar-refractivity contribution in [3.63, 3.8) is 0 Å². The number of H-pyrrole nitrogens is 1. The molecule has 0 bridgehead atoms. The van der Waals surface area contributed by atoms with Gasteiger partial charge in [-0.05, 0) is 47.0 Å². The van der Waals surface area contributed by atoms with E-state index in [4.69, 9.17) is 9.47 Å². The Hall–Kier alpha value is -4.01. The second kappa shape index (κ2) is 10.7. The van der Waals surface area contributed by atoms with E-state index < -0.39 is 6.29 Å². The van der Waals surface area contributed by atoms with Crippen LogP contribution in [0.25, 0.3) is 11.0 Å². The van der Waals surface area contributed by atoms with Crippen LogP contribution >= 0.6 is 0 Å². The van der Waals surface area contributed by atoms with E-state index in [2.05, 4.69) is 15.3 Å². The summed E-state index contributed by atoms with van der Waals surface area (Å²) in [4.78, 5) is 20.7. The van der Waals surface area contributed by atoms with Gasteiger partial charge in [0, 0.05) is 12.3 Å². The third-order valence-electron chi connectivity index (χ3n) is 6.08. The molecule has 0 saturated carbocycles. The van der Waals surface area contributed by atoms with Crippen LogP contribution in [0.5, 0.6) is 0 Å². The van der Waals surface area contributed by atoms with Crippen molar-refractivity contribution in [2.24, 2.45) is 0 Å². The van der Waals surface area contributed by atoms with E-state index in [9.17, 15) is 14.3 Å². The number of aliphatic hydroxyl groups excluding tert-OH is 1. The highest BCUT2D eigenvalue weighted by Crippen LogP contribution is 2.32. The second-order valence-corrected chi connectivity index (χ2v) is 8.64. The lowest BCUT2D eigenvalue weighted by molar-refractivity contribution is -0.150. The maximum Gasteiger partial charge on any atom is 0.286 e. The first kappa shape index (κ1) is 23.7. The first-order valence-electron chi connectivity index (χ1n) is 11.7. The molecule has 7 nitrogen and oxygen atoms in total. The predicted octanol–water partition coefficient (Wildman–Crippen LogP) is 4.44. The molecule has 2 heterocycles. The summed E-state index contributed by atoms with van der Waals surface area (Å²) in [5.74, 6) is -0.114. The highest BCUT2D eigenvalue weighted by Gasteiger charge is 2.29. The molecule has 36 heavy (non-hydrogen) atoms. The Kier molecular flexibility index (Phi) is 7.06. The van der Waals surface area contributed by atoms with Crippen LogP contribution in [-0.4, -0.2) is 27.3 Å². The number of carbonyl (C=O) groups excluding carboxylic acids is 1. The lowest BCUT2D eigenvalue weighted by Gasteiger charge is -2.29. The first-order chi connectivity index (χ1) is 17.6. The van der Waals surface area contributed by atoms with E-state index in [1.165, 1.54) is 12.1 Å². The van der Waals surface area contributed by atoms with Crippen molar-refractivity contribution in [2.45, 2.75) is 38.4 Å². The fourth-order valence-corrected chi connectivity index (χ4v) is 4.13. The van der Waals surface area contributed by atoms with Gasteiger partial charge in [0.2, 0.25) is 6.29 Å². The second-order valence-electron chi connectivity index (χ2n) is 8.64. The Bertz CT molecular complexity index is 1330. The van der Waals surface area contributed by atoms with Crippen molar-refractivity contribution in [3.8, 4) is 0 Å². The zero-order chi connectivity index (χ0) is 24.9. The lowest BCUT2D eigenvalue weighted by Crippen LogP contribution is -2.32. The molecule has 3 N–H and O–H groups in total. The smallest absolute Gasteiger partial charge is 0.286 e. The van der Waals surface area contributed by atoms with Crippen LogP contribution < -0.4 is 5.32 Å². The molecule has 0 saturated heterocycles. The van der Waals surface area contributed by atoms with E-state index in [0.29, 0.717) is 12.2 Å². The quantitative estimate of drug-likeness (QED) is 0.342. The zero-order valence-electron chi connectivity index (χ0n) is 19.5. The van der Waals surface area contributed by atoms with E-state index in [0.717, 1.165) is 27.7 Å². The van der Waals surface area contributed by atoms with Gasteiger partial charge in [0.15, 0.2) is 5.76 Å². The minimum Gasteiger partial charge on any atom is -0.459 e. The lowest BCUT2D eigenvalue weighted by atomic mass is 9.93. The average molecular weight is 488 g/mol. The molecular weight excluding hydrogens is 461 g/mol. The number of carbonyl (C=O) groups is 1. The van der Waals surface area contributed by atoms with Gasteiger partial charge in [-0.2, -0.15) is 0 Å². The standard InChI is InChI=1S/C28H26FN3O4/c29-22-11-9-20(10-12-22)21-13-25(28(34)30-15-26-31-23-3-1-2-4-24(23)32-26)36-27(14-21)35-17-19-7-5-18(16-33)6-8-19/h1-13,21,27,33H,14-17H2,(H,30,34)(H,31,32)/t21-,27+/m1/s1. The average Bonchev–Trinajstić information content (AvgIpc) is 3.34. The molecule has 0 spiro atoms. The fraction of sp³-hybridized carbons (Fsp3) is 0.214. The van der Waals surface area contributed by atoms with Gasteiger partial charge in [-0.3, -0.25) is 4.79 Å². The van der Waals surface area contributed by atoms with Crippen LogP contribution in [0.1, 0.15) is 34.9 Å². The summed E-state index contributed by atoms with van der Waals surface area (Å²) in [5.41, 5.74) is 4.32. The molecule has 1 aromatic heterocycles. The summed E-state index contributed by atoms with van der Waals surface area (Å²) >= 11 is 0. The number of para-hydroxylation sites is 2. The number of hydrogen-bond acceptors (Lipinski definition) is 5. The van der Waals surface area contributed by atoms with Gasteiger partial charge in [0.05, 0.1) is 30.8 Å². The maximum absolute atomic E-state index is 13.5. The monoisotopic (exact) mass is 487 g/mol. The number of nitrogens with zero attached hydrogens (tertiary/aromatic N) is 1. The van der Waals surface area contributed by atoms with Crippen molar-refractivity contribution < 1.29 is 23.8 Å². The van der Waals surface area contributed by atoms with Gasteiger partial charge in [0.1, 0.15) is 11.6 Å². The summed E-state index contributed by atoms with van der Waals surface area (Å²) in [6, 6.07) is 21.3. The fourth-order valence-electron chi connectivity index (χ4n) is 4.13. The van der Waals surface area contributed by atoms with Crippen LogP contribution in [-0.2, 0) is 34.0 Å². The van der Waals surface area contributed by atoms with Gasteiger partial charge >= 0.3 is 0 Å². The number of fused-ring (bicyclic) bond motifs is 1. The van der Waals surface area contributed by atoms with Gasteiger partial charge in [-0.1, -0.05) is 48.5 Å². The Labute approximate surface area is 207 Å². The largest absolute Gasteiger partial charge is 0.459 e. The number of allylic oxidation sites excluding steroid dienone is 1. The van der Waals surface area contributed by atoms with Crippen molar-refractivity contribution in [1.82, 2.24) is 15.3 Å². The number of aromatic amines is 1. The summed E-state index contributed by atoms with van der Waals surface area (Å²) in [6.45, 7) is 0.460. The number of imidazole rings is 1. The van der Waals surface area contributed by atoms with Gasteiger partial charge in [-0.25, -0.2) is 9.37 Å². The first-order valence-corrected chi connectivity index (χ1v) is 11.7. The number of nitrogens with one attached hydrogen (secondary N) is 2. The van der Waals surface area contributed by atoms with Crippen molar-refractivity contribution in [2.75, 3.05) is 0 Å². The molecule has 1 aliphatic rings. The Morgan fingerprint density at radius 3 is 2.58 bits per heavy atom. The number of aliphatic hydroxyl groups is 1. The summed E-state index contributed by atoms with van der Waals surface area (Å²) in [5, 5.41) is 12.1. The molecule has 1 aliphatic heterocycles. The molecule has 2 atom stereocenters. The highest BCUT2D eigenvalue weighted by molar-refractivity contribution is 5.91. The Morgan fingerprint density at radius 1 is 1.08 bits per heavy atom. The molecule has 4 aromatic rings. The Balaban J connectivity index is 1.29. The molecule has 3 aromatic carbocycles. The van der Waals surface area contributed by atoms with Crippen molar-refractivity contribution >= 4 is 16.9 Å². The topological polar surface area (TPSA) is 96.5 Å². The van der Waals surface area contributed by atoms with E-state index in [1.54, 1.807) is 18.2 Å². The number of amides is 1. The molecule has 0 fully saturated rings. The van der Waals surface area contributed by atoms with E-state index in [-0.39, 0.29) is 43.2 Å². The summed E-state index contributed by atoms with van der Waals surface area (Å²) in [6.07, 6.45) is 1.55. The van der Waals surface area contributed by atoms with Crippen LogP contribution in [0.2, 0.25) is 0 Å². The predicted molar refractivity (Wildman–Crippen MR) is 132 cm³/mol. The number of rotatable bonds is 8. The molecule has 8 heteroatoms. The normalized spacial score (nSPS) is 17.4. The molecule has 1 amide bonds. The third kappa shape index (κ3) is 5.62. The molecule has 5 rings (SSSR count). The van der Waals surface area contributed by atoms with Crippen LogP contribution in [0.15, 0.2) is 84.6 Å². The highest BCUT2D eigenvalue weighted by atomic mass is 19.1. The molecule has 0 unspecified atom stereocenters. The summed E-state index contributed by atoms with van der Waals surface area (Å²) < 4.78 is 25.4. The van der Waals surface area contributed by atoms with Gasteiger partial charge in [-0.15, -0.1) is 0 Å². The van der Waals surface area contributed by atoms with E-state index >= 15 is 0 Å². The van der Waals surface area contributed by atoms with Gasteiger partial charge in [0.25, 0.3) is 5.91 Å². The number of ether oxygens (including phenoxy) is 2. The molecule has 0 aliphatic carbocycles. The molecular formula is C28H26FN3O4.